The number of nitrogens with zero attached hydrogens (tertiary/aromatic N) is 2. The number of nitrogens with one attached hydrogen (secondary N) is 1. The predicted molar refractivity (Wildman–Crippen MR) is 126 cm³/mol. The Hall–Kier alpha value is -3.08. The van der Waals surface area contributed by atoms with E-state index < -0.39 is 0 Å². The molecule has 1 aromatic heterocycles. The van der Waals surface area contributed by atoms with Gasteiger partial charge in [0.25, 0.3) is 0 Å². The van der Waals surface area contributed by atoms with Crippen molar-refractivity contribution in [3.8, 4) is 5.75 Å². The SMILES string of the molecule is CCc1c(C)nc2ccccc2c1N1CCC(C(=O)NCc2ccc(OC)cc2)CC1. The van der Waals surface area contributed by atoms with Crippen LogP contribution in [-0.4, -0.2) is 31.1 Å². The topological polar surface area (TPSA) is 54.5 Å². The number of piperidine rings is 1. The average Bonchev–Trinajstić information content (AvgIpc) is 2.82. The highest BCUT2D eigenvalue weighted by atomic mass is 16.5. The molecule has 2 heterocycles. The van der Waals surface area contributed by atoms with Crippen LogP contribution in [0, 0.1) is 12.8 Å². The number of hydrogen-bond donors (Lipinski definition) is 1. The second kappa shape index (κ2) is 9.38. The van der Waals surface area contributed by atoms with Gasteiger partial charge in [0.1, 0.15) is 5.75 Å². The number of pyridine rings is 1. The highest BCUT2D eigenvalue weighted by molar-refractivity contribution is 5.94. The minimum atomic E-state index is 0.0637. The lowest BCUT2D eigenvalue weighted by Gasteiger charge is -2.35. The van der Waals surface area contributed by atoms with Gasteiger partial charge >= 0.3 is 0 Å². The zero-order valence-corrected chi connectivity index (χ0v) is 18.6. The van der Waals surface area contributed by atoms with Crippen molar-refractivity contribution in [3.05, 3.63) is 65.4 Å². The number of carbonyl (C=O) groups excluding carboxylic acids is 1. The van der Waals surface area contributed by atoms with E-state index in [0.717, 1.165) is 54.9 Å². The van der Waals surface area contributed by atoms with Gasteiger partial charge in [0, 0.05) is 36.6 Å². The van der Waals surface area contributed by atoms with Gasteiger partial charge in [-0.1, -0.05) is 37.3 Å². The lowest BCUT2D eigenvalue weighted by atomic mass is 9.93. The fraction of sp³-hybridized carbons (Fsp3) is 0.385. The molecule has 2 aromatic carbocycles. The lowest BCUT2D eigenvalue weighted by molar-refractivity contribution is -0.125. The Bertz CT molecular complexity index is 1050. The molecule has 0 saturated carbocycles. The van der Waals surface area contributed by atoms with E-state index in [-0.39, 0.29) is 11.8 Å². The van der Waals surface area contributed by atoms with E-state index in [1.165, 1.54) is 16.6 Å². The maximum absolute atomic E-state index is 12.8. The second-order valence-corrected chi connectivity index (χ2v) is 8.22. The number of aromatic nitrogens is 1. The normalized spacial score (nSPS) is 14.6. The van der Waals surface area contributed by atoms with Gasteiger partial charge in [0.2, 0.25) is 5.91 Å². The van der Waals surface area contributed by atoms with Crippen LogP contribution in [0.25, 0.3) is 10.9 Å². The Balaban J connectivity index is 1.42. The van der Waals surface area contributed by atoms with Crippen LogP contribution in [0.1, 0.15) is 36.6 Å². The van der Waals surface area contributed by atoms with Crippen LogP contribution in [0.3, 0.4) is 0 Å². The maximum atomic E-state index is 12.8. The summed E-state index contributed by atoms with van der Waals surface area (Å²) in [4.78, 5) is 20.0. The summed E-state index contributed by atoms with van der Waals surface area (Å²) in [5, 5.41) is 4.33. The molecule has 0 atom stereocenters. The summed E-state index contributed by atoms with van der Waals surface area (Å²) < 4.78 is 5.19. The number of fused-ring (bicyclic) bond motifs is 1. The second-order valence-electron chi connectivity index (χ2n) is 8.22. The molecule has 1 aliphatic heterocycles. The molecule has 5 heteroatoms. The van der Waals surface area contributed by atoms with Crippen LogP contribution in [0.15, 0.2) is 48.5 Å². The molecule has 0 aliphatic carbocycles. The fourth-order valence-electron chi connectivity index (χ4n) is 4.58. The van der Waals surface area contributed by atoms with Crippen molar-refractivity contribution < 1.29 is 9.53 Å². The number of methoxy groups -OCH3 is 1. The molecular weight excluding hydrogens is 386 g/mol. The number of amides is 1. The van der Waals surface area contributed by atoms with Crippen molar-refractivity contribution in [2.75, 3.05) is 25.1 Å². The van der Waals surface area contributed by atoms with Gasteiger partial charge in [-0.15, -0.1) is 0 Å². The third-order valence-electron chi connectivity index (χ3n) is 6.33. The van der Waals surface area contributed by atoms with Crippen molar-refractivity contribution in [3.63, 3.8) is 0 Å². The number of rotatable bonds is 6. The Morgan fingerprint density at radius 3 is 2.52 bits per heavy atom. The first-order valence-corrected chi connectivity index (χ1v) is 11.1. The Morgan fingerprint density at radius 1 is 1.13 bits per heavy atom. The molecule has 3 aromatic rings. The fourth-order valence-corrected chi connectivity index (χ4v) is 4.58. The smallest absolute Gasteiger partial charge is 0.223 e. The summed E-state index contributed by atoms with van der Waals surface area (Å²) in [6.45, 7) is 6.63. The number of aryl methyl sites for hydroxylation is 1. The highest BCUT2D eigenvalue weighted by Crippen LogP contribution is 2.34. The summed E-state index contributed by atoms with van der Waals surface area (Å²) in [5.74, 6) is 1.04. The van der Waals surface area contributed by atoms with E-state index in [0.29, 0.717) is 6.54 Å². The molecule has 162 valence electrons. The number of hydrogen-bond acceptors (Lipinski definition) is 4. The number of benzene rings is 2. The quantitative estimate of drug-likeness (QED) is 0.634. The third-order valence-corrected chi connectivity index (χ3v) is 6.33. The van der Waals surface area contributed by atoms with E-state index in [1.807, 2.05) is 30.3 Å². The highest BCUT2D eigenvalue weighted by Gasteiger charge is 2.27. The summed E-state index contributed by atoms with van der Waals surface area (Å²) in [7, 11) is 1.66. The molecule has 5 nitrogen and oxygen atoms in total. The van der Waals surface area contributed by atoms with Gasteiger partial charge in [-0.2, -0.15) is 0 Å². The Labute approximate surface area is 184 Å². The number of ether oxygens (including phenoxy) is 1. The van der Waals surface area contributed by atoms with Gasteiger partial charge in [0.15, 0.2) is 0 Å². The molecular formula is C26H31N3O2. The summed E-state index contributed by atoms with van der Waals surface area (Å²) in [5.41, 5.74) is 5.86. The Kier molecular flexibility index (Phi) is 6.40. The van der Waals surface area contributed by atoms with Crippen LogP contribution in [0.5, 0.6) is 5.75 Å². The Morgan fingerprint density at radius 2 is 1.84 bits per heavy atom. The summed E-state index contributed by atoms with van der Waals surface area (Å²) in [6.07, 6.45) is 2.70. The summed E-state index contributed by atoms with van der Waals surface area (Å²) >= 11 is 0. The molecule has 1 fully saturated rings. The largest absolute Gasteiger partial charge is 0.497 e. The molecule has 31 heavy (non-hydrogen) atoms. The molecule has 1 aliphatic rings. The first kappa shape index (κ1) is 21.2. The van der Waals surface area contributed by atoms with E-state index >= 15 is 0 Å². The van der Waals surface area contributed by atoms with Gasteiger partial charge in [-0.05, 0) is 55.5 Å². The molecule has 1 amide bonds. The predicted octanol–water partition coefficient (Wildman–Crippen LogP) is 4.65. The van der Waals surface area contributed by atoms with Crippen molar-refractivity contribution in [1.29, 1.82) is 0 Å². The number of anilines is 1. The van der Waals surface area contributed by atoms with Crippen molar-refractivity contribution in [2.45, 2.75) is 39.7 Å². The van der Waals surface area contributed by atoms with Crippen LogP contribution in [0.4, 0.5) is 5.69 Å². The maximum Gasteiger partial charge on any atom is 0.223 e. The minimum Gasteiger partial charge on any atom is -0.497 e. The first-order chi connectivity index (χ1) is 15.1. The van der Waals surface area contributed by atoms with Crippen LogP contribution in [-0.2, 0) is 17.8 Å². The molecule has 1 N–H and O–H groups in total. The zero-order valence-electron chi connectivity index (χ0n) is 18.6. The average molecular weight is 418 g/mol. The molecule has 0 radical (unpaired) electrons. The van der Waals surface area contributed by atoms with E-state index in [4.69, 9.17) is 9.72 Å². The van der Waals surface area contributed by atoms with Crippen LogP contribution < -0.4 is 15.0 Å². The zero-order chi connectivity index (χ0) is 21.8. The minimum absolute atomic E-state index is 0.0637. The summed E-state index contributed by atoms with van der Waals surface area (Å²) in [6, 6.07) is 16.2. The van der Waals surface area contributed by atoms with E-state index in [1.54, 1.807) is 7.11 Å². The van der Waals surface area contributed by atoms with E-state index in [2.05, 4.69) is 42.3 Å². The number of para-hydroxylation sites is 1. The lowest BCUT2D eigenvalue weighted by Crippen LogP contribution is -2.40. The van der Waals surface area contributed by atoms with Crippen molar-refractivity contribution >= 4 is 22.5 Å². The van der Waals surface area contributed by atoms with E-state index in [9.17, 15) is 4.79 Å². The molecule has 0 unspecified atom stereocenters. The third kappa shape index (κ3) is 4.50. The molecule has 4 rings (SSSR count). The molecule has 1 saturated heterocycles. The van der Waals surface area contributed by atoms with Gasteiger partial charge in [-0.25, -0.2) is 0 Å². The monoisotopic (exact) mass is 417 g/mol. The molecule has 0 spiro atoms. The molecule has 0 bridgehead atoms. The van der Waals surface area contributed by atoms with Crippen LogP contribution >= 0.6 is 0 Å². The van der Waals surface area contributed by atoms with Crippen molar-refractivity contribution in [2.24, 2.45) is 5.92 Å². The standard InChI is InChI=1S/C26H31N3O2/c1-4-22-18(2)28-24-8-6-5-7-23(24)25(22)29-15-13-20(14-16-29)26(30)27-17-19-9-11-21(31-3)12-10-19/h5-12,20H,4,13-17H2,1-3H3,(H,27,30). The number of carbonyl (C=O) groups is 1. The van der Waals surface area contributed by atoms with Gasteiger partial charge in [0.05, 0.1) is 18.3 Å². The first-order valence-electron chi connectivity index (χ1n) is 11.1. The van der Waals surface area contributed by atoms with Gasteiger partial charge in [-0.3, -0.25) is 9.78 Å². The van der Waals surface area contributed by atoms with Gasteiger partial charge < -0.3 is 15.0 Å². The van der Waals surface area contributed by atoms with Crippen LogP contribution in [0.2, 0.25) is 0 Å². The van der Waals surface area contributed by atoms with Crippen molar-refractivity contribution in [1.82, 2.24) is 10.3 Å².